The van der Waals surface area contributed by atoms with Crippen LogP contribution in [-0.4, -0.2) is 64.2 Å². The molecule has 0 aliphatic heterocycles. The van der Waals surface area contributed by atoms with E-state index in [2.05, 4.69) is 5.32 Å². The third kappa shape index (κ3) is 8.44. The lowest BCUT2D eigenvalue weighted by atomic mass is 10.1. The summed E-state index contributed by atoms with van der Waals surface area (Å²) in [6, 6.07) is 13.4. The molecule has 0 saturated heterocycles. The Morgan fingerprint density at radius 2 is 1.75 bits per heavy atom. The molecule has 0 heterocycles. The fraction of sp³-hybridized carbons (Fsp3) is 0.462. The molecule has 0 aromatic heterocycles. The Bertz CT molecular complexity index is 1100. The molecular formula is C26H37N3O6S. The van der Waals surface area contributed by atoms with Gasteiger partial charge in [0.25, 0.3) is 0 Å². The summed E-state index contributed by atoms with van der Waals surface area (Å²) in [4.78, 5) is 27.3. The number of carbonyl (C=O) groups excluding carboxylic acids is 2. The SMILES string of the molecule is CCNC(=O)[C@@H](C)N(Cc1cccc(OC)c1)C(=O)CCCN(c1ccc(OCC)cc1)S(C)(=O)=O. The highest BCUT2D eigenvalue weighted by molar-refractivity contribution is 7.92. The first kappa shape index (κ1) is 29.0. The molecule has 0 aliphatic carbocycles. The first-order chi connectivity index (χ1) is 17.1. The van der Waals surface area contributed by atoms with Crippen molar-refractivity contribution < 1.29 is 27.5 Å². The number of nitrogens with one attached hydrogen (secondary N) is 1. The third-order valence-electron chi connectivity index (χ3n) is 5.59. The van der Waals surface area contributed by atoms with E-state index in [0.29, 0.717) is 30.3 Å². The van der Waals surface area contributed by atoms with Gasteiger partial charge in [0, 0.05) is 26.1 Å². The Kier molecular flexibility index (Phi) is 11.0. The number of benzene rings is 2. The van der Waals surface area contributed by atoms with Crippen LogP contribution in [0.3, 0.4) is 0 Å². The van der Waals surface area contributed by atoms with Crippen molar-refractivity contribution in [1.29, 1.82) is 0 Å². The zero-order valence-corrected chi connectivity index (χ0v) is 22.5. The quantitative estimate of drug-likeness (QED) is 0.411. The van der Waals surface area contributed by atoms with Crippen molar-refractivity contribution in [3.8, 4) is 11.5 Å². The summed E-state index contributed by atoms with van der Waals surface area (Å²) in [5.74, 6) is 0.819. The topological polar surface area (TPSA) is 105 Å². The molecular weight excluding hydrogens is 482 g/mol. The van der Waals surface area contributed by atoms with Gasteiger partial charge in [0.05, 0.1) is 25.7 Å². The number of methoxy groups -OCH3 is 1. The molecule has 198 valence electrons. The Balaban J connectivity index is 2.15. The molecule has 0 spiro atoms. The maximum Gasteiger partial charge on any atom is 0.242 e. The van der Waals surface area contributed by atoms with Crippen LogP contribution in [0.25, 0.3) is 0 Å². The summed E-state index contributed by atoms with van der Waals surface area (Å²) >= 11 is 0. The Labute approximate surface area is 214 Å². The predicted octanol–water partition coefficient (Wildman–Crippen LogP) is 3.19. The summed E-state index contributed by atoms with van der Waals surface area (Å²) in [5, 5.41) is 2.76. The van der Waals surface area contributed by atoms with Crippen LogP contribution in [0.5, 0.6) is 11.5 Å². The maximum atomic E-state index is 13.3. The summed E-state index contributed by atoms with van der Waals surface area (Å²) in [5.41, 5.74) is 1.32. The van der Waals surface area contributed by atoms with E-state index in [1.165, 1.54) is 9.21 Å². The van der Waals surface area contributed by atoms with Gasteiger partial charge in [-0.1, -0.05) is 12.1 Å². The van der Waals surface area contributed by atoms with E-state index in [4.69, 9.17) is 9.47 Å². The van der Waals surface area contributed by atoms with E-state index < -0.39 is 16.1 Å². The zero-order chi connectivity index (χ0) is 26.7. The number of amides is 2. The first-order valence-electron chi connectivity index (χ1n) is 12.0. The average Bonchev–Trinajstić information content (AvgIpc) is 2.85. The standard InChI is InChI=1S/C26H37N3O6S/c1-6-27-26(31)20(3)28(19-21-10-8-11-24(18-21)34-4)25(30)12-9-17-29(36(5,32)33)22-13-15-23(16-14-22)35-7-2/h8,10-11,13-16,18,20H,6-7,9,12,17,19H2,1-5H3,(H,27,31)/t20-/m1/s1. The zero-order valence-electron chi connectivity index (χ0n) is 21.7. The molecule has 1 atom stereocenters. The van der Waals surface area contributed by atoms with Crippen molar-refractivity contribution >= 4 is 27.5 Å². The lowest BCUT2D eigenvalue weighted by Crippen LogP contribution is -2.47. The maximum absolute atomic E-state index is 13.3. The third-order valence-corrected chi connectivity index (χ3v) is 6.79. The molecule has 2 aromatic rings. The van der Waals surface area contributed by atoms with Crippen molar-refractivity contribution in [2.24, 2.45) is 0 Å². The molecule has 0 saturated carbocycles. The molecule has 2 rings (SSSR count). The molecule has 9 nitrogen and oxygen atoms in total. The monoisotopic (exact) mass is 519 g/mol. The minimum Gasteiger partial charge on any atom is -0.497 e. The van der Waals surface area contributed by atoms with Crippen LogP contribution in [0.15, 0.2) is 48.5 Å². The Morgan fingerprint density at radius 1 is 1.06 bits per heavy atom. The molecule has 2 amide bonds. The van der Waals surface area contributed by atoms with Gasteiger partial charge in [-0.3, -0.25) is 13.9 Å². The molecule has 0 bridgehead atoms. The normalized spacial score (nSPS) is 11.9. The fourth-order valence-electron chi connectivity index (χ4n) is 3.75. The summed E-state index contributed by atoms with van der Waals surface area (Å²) in [6.07, 6.45) is 1.50. The fourth-order valence-corrected chi connectivity index (χ4v) is 4.72. The summed E-state index contributed by atoms with van der Waals surface area (Å²) in [7, 11) is -2.00. The molecule has 2 aromatic carbocycles. The number of likely N-dealkylation sites (N-methyl/N-ethyl adjacent to an activating group) is 1. The lowest BCUT2D eigenvalue weighted by molar-refractivity contribution is -0.140. The Morgan fingerprint density at radius 3 is 2.33 bits per heavy atom. The largest absolute Gasteiger partial charge is 0.497 e. The van der Waals surface area contributed by atoms with Gasteiger partial charge in [-0.2, -0.15) is 0 Å². The van der Waals surface area contributed by atoms with Crippen LogP contribution in [-0.2, 0) is 26.2 Å². The van der Waals surface area contributed by atoms with Crippen LogP contribution < -0.4 is 19.1 Å². The first-order valence-corrected chi connectivity index (χ1v) is 13.9. The molecule has 0 fully saturated rings. The molecule has 1 N–H and O–H groups in total. The van der Waals surface area contributed by atoms with Crippen molar-refractivity contribution in [3.05, 3.63) is 54.1 Å². The number of hydrogen-bond donors (Lipinski definition) is 1. The highest BCUT2D eigenvalue weighted by Crippen LogP contribution is 2.23. The molecule has 10 heteroatoms. The molecule has 36 heavy (non-hydrogen) atoms. The molecule has 0 radical (unpaired) electrons. The average molecular weight is 520 g/mol. The van der Waals surface area contributed by atoms with Gasteiger partial charge < -0.3 is 19.7 Å². The van der Waals surface area contributed by atoms with E-state index in [1.54, 1.807) is 38.3 Å². The summed E-state index contributed by atoms with van der Waals surface area (Å²) < 4.78 is 36.9. The minimum absolute atomic E-state index is 0.0801. The van der Waals surface area contributed by atoms with Gasteiger partial charge in [0.1, 0.15) is 17.5 Å². The highest BCUT2D eigenvalue weighted by Gasteiger charge is 2.26. The number of ether oxygens (including phenoxy) is 2. The molecule has 0 aliphatic rings. The second kappa shape index (κ2) is 13.7. The van der Waals surface area contributed by atoms with Crippen molar-refractivity contribution in [2.75, 3.05) is 37.4 Å². The van der Waals surface area contributed by atoms with E-state index in [9.17, 15) is 18.0 Å². The Hall–Kier alpha value is -3.27. The van der Waals surface area contributed by atoms with Crippen molar-refractivity contribution in [1.82, 2.24) is 10.2 Å². The van der Waals surface area contributed by atoms with E-state index >= 15 is 0 Å². The van der Waals surface area contributed by atoms with E-state index in [0.717, 1.165) is 11.8 Å². The van der Waals surface area contributed by atoms with Crippen molar-refractivity contribution in [3.63, 3.8) is 0 Å². The number of anilines is 1. The van der Waals surface area contributed by atoms with Crippen molar-refractivity contribution in [2.45, 2.75) is 46.2 Å². The minimum atomic E-state index is -3.57. The number of hydrogen-bond acceptors (Lipinski definition) is 6. The second-order valence-electron chi connectivity index (χ2n) is 8.31. The highest BCUT2D eigenvalue weighted by atomic mass is 32.2. The van der Waals surface area contributed by atoms with Crippen LogP contribution in [0.4, 0.5) is 5.69 Å². The van der Waals surface area contributed by atoms with E-state index in [1.807, 2.05) is 38.1 Å². The van der Waals surface area contributed by atoms with Gasteiger partial charge in [-0.05, 0) is 69.2 Å². The van der Waals surface area contributed by atoms with Crippen LogP contribution in [0.2, 0.25) is 0 Å². The van der Waals surface area contributed by atoms with Gasteiger partial charge in [0.2, 0.25) is 21.8 Å². The van der Waals surface area contributed by atoms with Gasteiger partial charge >= 0.3 is 0 Å². The predicted molar refractivity (Wildman–Crippen MR) is 141 cm³/mol. The number of nitrogens with zero attached hydrogens (tertiary/aromatic N) is 2. The van der Waals surface area contributed by atoms with Gasteiger partial charge in [-0.25, -0.2) is 8.42 Å². The van der Waals surface area contributed by atoms with Crippen LogP contribution in [0, 0.1) is 0 Å². The number of carbonyl (C=O) groups is 2. The van der Waals surface area contributed by atoms with E-state index in [-0.39, 0.29) is 37.7 Å². The smallest absolute Gasteiger partial charge is 0.242 e. The van der Waals surface area contributed by atoms with Gasteiger partial charge in [-0.15, -0.1) is 0 Å². The van der Waals surface area contributed by atoms with Gasteiger partial charge in [0.15, 0.2) is 0 Å². The second-order valence-corrected chi connectivity index (χ2v) is 10.2. The number of rotatable bonds is 14. The number of sulfonamides is 1. The van der Waals surface area contributed by atoms with Crippen LogP contribution in [0.1, 0.15) is 39.2 Å². The van der Waals surface area contributed by atoms with Crippen LogP contribution >= 0.6 is 0 Å². The summed E-state index contributed by atoms with van der Waals surface area (Å²) in [6.45, 7) is 6.70. The lowest BCUT2D eigenvalue weighted by Gasteiger charge is -2.29. The molecule has 0 unspecified atom stereocenters.